The minimum Gasteiger partial charge on any atom is -0.445 e. The molecule has 6 N–H and O–H groups in total. The Morgan fingerprint density at radius 2 is 1.74 bits per heavy atom. The maximum absolute atomic E-state index is 13.0. The van der Waals surface area contributed by atoms with Crippen LogP contribution in [0.3, 0.4) is 0 Å². The van der Waals surface area contributed by atoms with E-state index in [0.717, 1.165) is 5.56 Å². The molecule has 2 unspecified atom stereocenters. The summed E-state index contributed by atoms with van der Waals surface area (Å²) < 4.78 is 15.7. The summed E-state index contributed by atoms with van der Waals surface area (Å²) in [7, 11) is 0. The van der Waals surface area contributed by atoms with Gasteiger partial charge >= 0.3 is 6.09 Å². The van der Waals surface area contributed by atoms with Crippen LogP contribution in [-0.4, -0.2) is 113 Å². The number of ether oxygens (including phenoxy) is 3. The molecule has 2 saturated heterocycles. The molecule has 0 saturated carbocycles. The Bertz CT molecular complexity index is 849. The number of nitrogens with zero attached hydrogens (tertiary/aromatic N) is 1. The first-order chi connectivity index (χ1) is 16.8. The zero-order valence-electron chi connectivity index (χ0n) is 19.0. The Kier molecular flexibility index (Phi) is 9.77. The summed E-state index contributed by atoms with van der Waals surface area (Å²) >= 11 is 0. The second kappa shape index (κ2) is 12.8. The first kappa shape index (κ1) is 26.8. The van der Waals surface area contributed by atoms with E-state index >= 15 is 0 Å². The van der Waals surface area contributed by atoms with Crippen LogP contribution in [0.15, 0.2) is 30.3 Å². The number of morpholine rings is 1. The van der Waals surface area contributed by atoms with Crippen LogP contribution in [0.2, 0.25) is 0 Å². The maximum atomic E-state index is 13.0. The molecule has 13 heteroatoms. The number of carbonyl (C=O) groups is 3. The van der Waals surface area contributed by atoms with Gasteiger partial charge in [-0.05, 0) is 5.56 Å². The van der Waals surface area contributed by atoms with Crippen molar-refractivity contribution < 1.29 is 49.0 Å². The summed E-state index contributed by atoms with van der Waals surface area (Å²) in [5.41, 5.74) is 0.735. The van der Waals surface area contributed by atoms with Gasteiger partial charge in [-0.15, -0.1) is 0 Å². The van der Waals surface area contributed by atoms with E-state index in [1.807, 2.05) is 6.07 Å². The van der Waals surface area contributed by atoms with Crippen molar-refractivity contribution in [3.8, 4) is 0 Å². The summed E-state index contributed by atoms with van der Waals surface area (Å²) in [5.74, 6) is -1.31. The number of aliphatic hydroxyl groups excluding tert-OH is 4. The zero-order valence-corrected chi connectivity index (χ0v) is 19.0. The molecule has 0 spiro atoms. The van der Waals surface area contributed by atoms with Crippen LogP contribution in [0.1, 0.15) is 12.0 Å². The molecule has 1 aromatic rings. The van der Waals surface area contributed by atoms with Crippen molar-refractivity contribution in [1.82, 2.24) is 15.5 Å². The van der Waals surface area contributed by atoms with Crippen LogP contribution >= 0.6 is 0 Å². The summed E-state index contributed by atoms with van der Waals surface area (Å²) in [4.78, 5) is 39.6. The van der Waals surface area contributed by atoms with E-state index in [1.165, 1.54) is 4.90 Å². The van der Waals surface area contributed by atoms with Gasteiger partial charge in [-0.3, -0.25) is 9.59 Å². The smallest absolute Gasteiger partial charge is 0.408 e. The number of alkyl carbamates (subject to hydrolysis) is 1. The molecule has 2 heterocycles. The molecule has 3 rings (SSSR count). The highest BCUT2D eigenvalue weighted by Gasteiger charge is 2.44. The molecule has 6 atom stereocenters. The number of carbonyl (C=O) groups excluding carboxylic acids is 3. The predicted molar refractivity (Wildman–Crippen MR) is 117 cm³/mol. The summed E-state index contributed by atoms with van der Waals surface area (Å²) in [6.07, 6.45) is -9.04. The number of rotatable bonds is 8. The number of hydrogen-bond donors (Lipinski definition) is 6. The van der Waals surface area contributed by atoms with Crippen molar-refractivity contribution in [2.75, 3.05) is 32.9 Å². The molecule has 0 radical (unpaired) electrons. The van der Waals surface area contributed by atoms with Crippen molar-refractivity contribution in [2.24, 2.45) is 0 Å². The van der Waals surface area contributed by atoms with Crippen LogP contribution < -0.4 is 10.6 Å². The SMILES string of the molecule is O=C(C[C@H](NC(=O)OCc1ccccc1)C(=O)N1CCOCC1)N[C@@H]1OC(CO)[C@@H](O)[C@H](O)C1O. The fourth-order valence-electron chi connectivity index (χ4n) is 3.74. The molecule has 35 heavy (non-hydrogen) atoms. The number of hydrogen-bond acceptors (Lipinski definition) is 10. The lowest BCUT2D eigenvalue weighted by Gasteiger charge is -2.40. The van der Waals surface area contributed by atoms with E-state index in [9.17, 15) is 34.8 Å². The topological polar surface area (TPSA) is 187 Å². The molecule has 1 aromatic carbocycles. The fraction of sp³-hybridized carbons (Fsp3) is 0.591. The van der Waals surface area contributed by atoms with E-state index < -0.39 is 67.6 Å². The summed E-state index contributed by atoms with van der Waals surface area (Å²) in [6.45, 7) is 0.489. The molecule has 0 aromatic heterocycles. The van der Waals surface area contributed by atoms with E-state index in [-0.39, 0.29) is 19.7 Å². The number of aliphatic hydroxyl groups is 4. The molecule has 2 aliphatic rings. The molecule has 13 nitrogen and oxygen atoms in total. The second-order valence-electron chi connectivity index (χ2n) is 8.22. The van der Waals surface area contributed by atoms with Crippen molar-refractivity contribution in [2.45, 2.75) is 49.7 Å². The average molecular weight is 498 g/mol. The van der Waals surface area contributed by atoms with Crippen LogP contribution in [0.25, 0.3) is 0 Å². The highest BCUT2D eigenvalue weighted by atomic mass is 16.6. The van der Waals surface area contributed by atoms with Crippen LogP contribution in [0.5, 0.6) is 0 Å². The second-order valence-corrected chi connectivity index (χ2v) is 8.22. The van der Waals surface area contributed by atoms with Gasteiger partial charge in [0.15, 0.2) is 6.23 Å². The normalized spacial score (nSPS) is 27.5. The third-order valence-corrected chi connectivity index (χ3v) is 5.71. The molecule has 0 bridgehead atoms. The Morgan fingerprint density at radius 1 is 1.06 bits per heavy atom. The lowest BCUT2D eigenvalue weighted by Crippen LogP contribution is -2.63. The number of benzene rings is 1. The summed E-state index contributed by atoms with van der Waals surface area (Å²) in [6, 6.07) is 7.61. The van der Waals surface area contributed by atoms with E-state index in [4.69, 9.17) is 14.2 Å². The molecule has 2 aliphatic heterocycles. The molecular formula is C22H31N3O10. The van der Waals surface area contributed by atoms with Crippen molar-refractivity contribution in [1.29, 1.82) is 0 Å². The zero-order chi connectivity index (χ0) is 25.4. The van der Waals surface area contributed by atoms with Crippen molar-refractivity contribution >= 4 is 17.9 Å². The maximum Gasteiger partial charge on any atom is 0.408 e. The average Bonchev–Trinajstić information content (AvgIpc) is 2.88. The lowest BCUT2D eigenvalue weighted by atomic mass is 9.98. The van der Waals surface area contributed by atoms with Gasteiger partial charge in [0, 0.05) is 13.1 Å². The van der Waals surface area contributed by atoms with Gasteiger partial charge in [0.25, 0.3) is 0 Å². The molecule has 2 fully saturated rings. The van der Waals surface area contributed by atoms with Gasteiger partial charge in [-0.2, -0.15) is 0 Å². The van der Waals surface area contributed by atoms with E-state index in [2.05, 4.69) is 10.6 Å². The largest absolute Gasteiger partial charge is 0.445 e. The van der Waals surface area contributed by atoms with Gasteiger partial charge in [0.1, 0.15) is 37.1 Å². The van der Waals surface area contributed by atoms with Gasteiger partial charge in [0.2, 0.25) is 11.8 Å². The minimum absolute atomic E-state index is 0.0395. The first-order valence-corrected chi connectivity index (χ1v) is 11.2. The quantitative estimate of drug-likeness (QED) is 0.223. The molecular weight excluding hydrogens is 466 g/mol. The van der Waals surface area contributed by atoms with Gasteiger partial charge < -0.3 is 50.2 Å². The number of nitrogens with one attached hydrogen (secondary N) is 2. The van der Waals surface area contributed by atoms with E-state index in [0.29, 0.717) is 13.2 Å². The van der Waals surface area contributed by atoms with Gasteiger partial charge in [0.05, 0.1) is 26.2 Å². The monoisotopic (exact) mass is 497 g/mol. The Hall–Kier alpha value is -2.81. The highest BCUT2D eigenvalue weighted by molar-refractivity contribution is 5.91. The van der Waals surface area contributed by atoms with Gasteiger partial charge in [-0.25, -0.2) is 4.79 Å². The van der Waals surface area contributed by atoms with Crippen molar-refractivity contribution in [3.05, 3.63) is 35.9 Å². The van der Waals surface area contributed by atoms with Crippen LogP contribution in [-0.2, 0) is 30.4 Å². The Labute approximate surface area is 201 Å². The Morgan fingerprint density at radius 3 is 2.40 bits per heavy atom. The third-order valence-electron chi connectivity index (χ3n) is 5.71. The minimum atomic E-state index is -1.69. The standard InChI is InChI=1S/C22H31N3O10/c26-11-15-17(28)18(29)19(30)20(35-15)24-16(27)10-14(21(31)25-6-8-33-9-7-25)23-22(32)34-12-13-4-2-1-3-5-13/h1-5,14-15,17-20,26,28-30H,6-12H2,(H,23,32)(H,24,27)/t14-,15?,17+,18-,19?,20+/m0/s1. The first-order valence-electron chi connectivity index (χ1n) is 11.2. The molecule has 194 valence electrons. The van der Waals surface area contributed by atoms with Crippen molar-refractivity contribution in [3.63, 3.8) is 0 Å². The fourth-order valence-corrected chi connectivity index (χ4v) is 3.74. The molecule has 3 amide bonds. The molecule has 0 aliphatic carbocycles. The number of amides is 3. The van der Waals surface area contributed by atoms with Crippen LogP contribution in [0, 0.1) is 0 Å². The predicted octanol–water partition coefficient (Wildman–Crippen LogP) is -2.55. The summed E-state index contributed by atoms with van der Waals surface area (Å²) in [5, 5.41) is 43.9. The van der Waals surface area contributed by atoms with Crippen LogP contribution in [0.4, 0.5) is 4.79 Å². The highest BCUT2D eigenvalue weighted by Crippen LogP contribution is 2.20. The van der Waals surface area contributed by atoms with Gasteiger partial charge in [-0.1, -0.05) is 30.3 Å². The Balaban J connectivity index is 1.63. The lowest BCUT2D eigenvalue weighted by molar-refractivity contribution is -0.236. The van der Waals surface area contributed by atoms with E-state index in [1.54, 1.807) is 24.3 Å². The third kappa shape index (κ3) is 7.34.